The molecule has 21 heavy (non-hydrogen) atoms. The van der Waals surface area contributed by atoms with E-state index in [1.54, 1.807) is 4.90 Å². The van der Waals surface area contributed by atoms with Gasteiger partial charge in [0.15, 0.2) is 15.0 Å². The van der Waals surface area contributed by atoms with Gasteiger partial charge in [0, 0.05) is 12.6 Å². The van der Waals surface area contributed by atoms with Crippen molar-refractivity contribution in [3.8, 4) is 0 Å². The van der Waals surface area contributed by atoms with E-state index in [1.807, 2.05) is 13.8 Å². The lowest BCUT2D eigenvalue weighted by Gasteiger charge is -2.29. The maximum absolute atomic E-state index is 12.4. The number of hydrogen-bond donors (Lipinski definition) is 1. The van der Waals surface area contributed by atoms with E-state index in [2.05, 4.69) is 15.2 Å². The monoisotopic (exact) mass is 332 g/mol. The van der Waals surface area contributed by atoms with Gasteiger partial charge in [0.1, 0.15) is 6.33 Å². The number of nitrogens with zero attached hydrogens (tertiary/aromatic N) is 3. The Morgan fingerprint density at radius 3 is 2.86 bits per heavy atom. The third-order valence-electron chi connectivity index (χ3n) is 3.26. The third-order valence-corrected chi connectivity index (χ3v) is 5.87. The highest BCUT2D eigenvalue weighted by Gasteiger charge is 2.34. The molecule has 1 atom stereocenters. The molecule has 0 saturated carbocycles. The summed E-state index contributed by atoms with van der Waals surface area (Å²) in [5, 5.41) is 7.01. The van der Waals surface area contributed by atoms with Crippen LogP contribution in [0.2, 0.25) is 0 Å². The second-order valence-corrected chi connectivity index (χ2v) is 8.77. The Morgan fingerprint density at radius 1 is 1.57 bits per heavy atom. The smallest absolute Gasteiger partial charge is 0.233 e. The molecular formula is C12H20N4O3S2. The van der Waals surface area contributed by atoms with Crippen molar-refractivity contribution >= 4 is 27.5 Å². The number of amides is 1. The van der Waals surface area contributed by atoms with E-state index in [4.69, 9.17) is 0 Å². The Kier molecular flexibility index (Phi) is 5.26. The molecule has 1 saturated heterocycles. The molecule has 0 aromatic carbocycles. The number of hydrogen-bond acceptors (Lipinski definition) is 6. The second kappa shape index (κ2) is 6.78. The van der Waals surface area contributed by atoms with Gasteiger partial charge < -0.3 is 4.90 Å². The zero-order valence-electron chi connectivity index (χ0n) is 12.2. The van der Waals surface area contributed by atoms with Crippen LogP contribution in [0, 0.1) is 5.92 Å². The SMILES string of the molecule is CC(C)CN(C(=O)CSc1ncn[nH]1)C1CCS(=O)(=O)C1. The van der Waals surface area contributed by atoms with Crippen molar-refractivity contribution in [1.29, 1.82) is 0 Å². The van der Waals surface area contributed by atoms with E-state index in [0.717, 1.165) is 0 Å². The Balaban J connectivity index is 1.99. The lowest BCUT2D eigenvalue weighted by molar-refractivity contribution is -0.130. The zero-order chi connectivity index (χ0) is 15.5. The summed E-state index contributed by atoms with van der Waals surface area (Å²) in [5.41, 5.74) is 0. The molecule has 0 aliphatic carbocycles. The van der Waals surface area contributed by atoms with Gasteiger partial charge in [-0.3, -0.25) is 9.89 Å². The summed E-state index contributed by atoms with van der Waals surface area (Å²) < 4.78 is 23.3. The first-order valence-electron chi connectivity index (χ1n) is 6.85. The normalized spacial score (nSPS) is 20.8. The van der Waals surface area contributed by atoms with Crippen LogP contribution in [0.5, 0.6) is 0 Å². The van der Waals surface area contributed by atoms with Crippen LogP contribution < -0.4 is 0 Å². The fourth-order valence-electron chi connectivity index (χ4n) is 2.35. The van der Waals surface area contributed by atoms with E-state index in [1.165, 1.54) is 18.1 Å². The van der Waals surface area contributed by atoms with Crippen LogP contribution in [0.4, 0.5) is 0 Å². The molecule has 1 fully saturated rings. The predicted molar refractivity (Wildman–Crippen MR) is 80.7 cm³/mol. The van der Waals surface area contributed by atoms with E-state index in [-0.39, 0.29) is 29.2 Å². The average Bonchev–Trinajstić information content (AvgIpc) is 3.02. The Hall–Kier alpha value is -1.09. The molecule has 1 aromatic rings. The van der Waals surface area contributed by atoms with Gasteiger partial charge in [0.05, 0.1) is 17.3 Å². The summed E-state index contributed by atoms with van der Waals surface area (Å²) in [6.45, 7) is 4.62. The number of sulfone groups is 1. The number of H-pyrrole nitrogens is 1. The van der Waals surface area contributed by atoms with Gasteiger partial charge in [0.25, 0.3) is 0 Å². The Bertz CT molecular complexity index is 571. The molecule has 118 valence electrons. The minimum Gasteiger partial charge on any atom is -0.338 e. The van der Waals surface area contributed by atoms with Crippen LogP contribution >= 0.6 is 11.8 Å². The molecule has 9 heteroatoms. The molecule has 0 bridgehead atoms. The highest BCUT2D eigenvalue weighted by Crippen LogP contribution is 2.21. The average molecular weight is 332 g/mol. The summed E-state index contributed by atoms with van der Waals surface area (Å²) in [6, 6.07) is -0.194. The maximum atomic E-state index is 12.4. The van der Waals surface area contributed by atoms with Gasteiger partial charge in [-0.1, -0.05) is 25.6 Å². The van der Waals surface area contributed by atoms with Crippen LogP contribution in [0.1, 0.15) is 20.3 Å². The zero-order valence-corrected chi connectivity index (χ0v) is 13.8. The number of thioether (sulfide) groups is 1. The van der Waals surface area contributed by atoms with E-state index in [0.29, 0.717) is 24.0 Å². The van der Waals surface area contributed by atoms with Crippen LogP contribution in [0.3, 0.4) is 0 Å². The molecule has 1 aliphatic heterocycles. The fraction of sp³-hybridized carbons (Fsp3) is 0.750. The molecule has 2 rings (SSSR count). The lowest BCUT2D eigenvalue weighted by Crippen LogP contribution is -2.44. The third kappa shape index (κ3) is 4.70. The quantitative estimate of drug-likeness (QED) is 0.765. The van der Waals surface area contributed by atoms with E-state index in [9.17, 15) is 13.2 Å². The van der Waals surface area contributed by atoms with Gasteiger partial charge in [-0.05, 0) is 12.3 Å². The Morgan fingerprint density at radius 2 is 2.33 bits per heavy atom. The fourth-order valence-corrected chi connectivity index (χ4v) is 4.74. The maximum Gasteiger partial charge on any atom is 0.233 e. The lowest BCUT2D eigenvalue weighted by atomic mass is 10.1. The van der Waals surface area contributed by atoms with Crippen molar-refractivity contribution in [3.63, 3.8) is 0 Å². The van der Waals surface area contributed by atoms with Crippen LogP contribution in [-0.4, -0.2) is 64.3 Å². The first kappa shape index (κ1) is 16.3. The van der Waals surface area contributed by atoms with Crippen LogP contribution in [0.25, 0.3) is 0 Å². The molecule has 1 amide bonds. The van der Waals surface area contributed by atoms with Crippen molar-refractivity contribution in [3.05, 3.63) is 6.33 Å². The summed E-state index contributed by atoms with van der Waals surface area (Å²) >= 11 is 1.28. The number of carbonyl (C=O) groups is 1. The van der Waals surface area contributed by atoms with Gasteiger partial charge in [0.2, 0.25) is 5.91 Å². The summed E-state index contributed by atoms with van der Waals surface area (Å²) in [6.07, 6.45) is 1.93. The number of aromatic amines is 1. The standard InChI is InChI=1S/C12H20N4O3S2/c1-9(2)5-16(10-3-4-21(18,19)7-10)11(17)6-20-12-13-8-14-15-12/h8-10H,3-7H2,1-2H3,(H,13,14,15). The molecule has 1 N–H and O–H groups in total. The highest BCUT2D eigenvalue weighted by atomic mass is 32.2. The summed E-state index contributed by atoms with van der Waals surface area (Å²) in [4.78, 5) is 18.1. The van der Waals surface area contributed by atoms with Crippen molar-refractivity contribution in [2.75, 3.05) is 23.8 Å². The topological polar surface area (TPSA) is 96.0 Å². The first-order valence-corrected chi connectivity index (χ1v) is 9.66. The molecule has 1 aliphatic rings. The number of nitrogens with one attached hydrogen (secondary N) is 1. The number of carbonyl (C=O) groups excluding carboxylic acids is 1. The molecule has 0 radical (unpaired) electrons. The molecular weight excluding hydrogens is 312 g/mol. The van der Waals surface area contributed by atoms with Crippen LogP contribution in [-0.2, 0) is 14.6 Å². The molecule has 1 aromatic heterocycles. The number of aromatic nitrogens is 3. The largest absolute Gasteiger partial charge is 0.338 e. The van der Waals surface area contributed by atoms with Crippen molar-refractivity contribution in [2.45, 2.75) is 31.5 Å². The van der Waals surface area contributed by atoms with E-state index >= 15 is 0 Å². The molecule has 2 heterocycles. The Labute approximate surface area is 128 Å². The van der Waals surface area contributed by atoms with Gasteiger partial charge in [-0.2, -0.15) is 5.10 Å². The summed E-state index contributed by atoms with van der Waals surface area (Å²) in [5.74, 6) is 0.742. The first-order chi connectivity index (χ1) is 9.87. The molecule has 1 unspecified atom stereocenters. The van der Waals surface area contributed by atoms with Crippen molar-refractivity contribution < 1.29 is 13.2 Å². The summed E-state index contributed by atoms with van der Waals surface area (Å²) in [7, 11) is -3.00. The van der Waals surface area contributed by atoms with E-state index < -0.39 is 9.84 Å². The second-order valence-electron chi connectivity index (χ2n) is 5.58. The van der Waals surface area contributed by atoms with Gasteiger partial charge >= 0.3 is 0 Å². The van der Waals surface area contributed by atoms with Crippen LogP contribution in [0.15, 0.2) is 11.5 Å². The highest BCUT2D eigenvalue weighted by molar-refractivity contribution is 7.99. The van der Waals surface area contributed by atoms with Crippen molar-refractivity contribution in [2.24, 2.45) is 5.92 Å². The van der Waals surface area contributed by atoms with Gasteiger partial charge in [-0.25, -0.2) is 13.4 Å². The minimum atomic E-state index is -3.00. The van der Waals surface area contributed by atoms with Gasteiger partial charge in [-0.15, -0.1) is 0 Å². The van der Waals surface area contributed by atoms with Crippen molar-refractivity contribution in [1.82, 2.24) is 20.1 Å². The minimum absolute atomic E-state index is 0.0489. The molecule has 7 nitrogen and oxygen atoms in total. The predicted octanol–water partition coefficient (Wildman–Crippen LogP) is 0.569. The number of rotatable bonds is 6. The molecule has 0 spiro atoms.